The van der Waals surface area contributed by atoms with Gasteiger partial charge in [-0.1, -0.05) is 6.92 Å². The zero-order valence-electron chi connectivity index (χ0n) is 9.60. The van der Waals surface area contributed by atoms with Crippen LogP contribution in [0.15, 0.2) is 18.2 Å². The Kier molecular flexibility index (Phi) is 4.96. The van der Waals surface area contributed by atoms with Crippen molar-refractivity contribution in [2.75, 3.05) is 29.1 Å². The normalized spacial score (nSPS) is 12.1. The minimum atomic E-state index is -1.05. The molecule has 1 atom stereocenters. The van der Waals surface area contributed by atoms with Gasteiger partial charge in [-0.3, -0.25) is 4.21 Å². The van der Waals surface area contributed by atoms with Gasteiger partial charge in [-0.2, -0.15) is 0 Å². The molecule has 0 amide bonds. The minimum Gasteiger partial charge on any atom is -0.478 e. The molecule has 5 nitrogen and oxygen atoms in total. The Hall–Kier alpha value is -1.56. The molecule has 0 aliphatic carbocycles. The summed E-state index contributed by atoms with van der Waals surface area (Å²) < 4.78 is 11.2. The quantitative estimate of drug-likeness (QED) is 0.664. The average Bonchev–Trinajstić information content (AvgIpc) is 2.30. The van der Waals surface area contributed by atoms with E-state index >= 15 is 0 Å². The van der Waals surface area contributed by atoms with E-state index in [4.69, 9.17) is 10.8 Å². The summed E-state index contributed by atoms with van der Waals surface area (Å²) in [5.41, 5.74) is 6.51. The van der Waals surface area contributed by atoms with Crippen molar-refractivity contribution in [1.82, 2.24) is 0 Å². The van der Waals surface area contributed by atoms with Crippen LogP contribution < -0.4 is 11.1 Å². The zero-order valence-corrected chi connectivity index (χ0v) is 10.4. The predicted octanol–water partition coefficient (Wildman–Crippen LogP) is 1.15. The molecule has 6 heteroatoms. The van der Waals surface area contributed by atoms with Gasteiger partial charge in [-0.15, -0.1) is 0 Å². The van der Waals surface area contributed by atoms with Gasteiger partial charge in [0.25, 0.3) is 0 Å². The van der Waals surface area contributed by atoms with Gasteiger partial charge in [-0.05, 0) is 18.2 Å². The smallest absolute Gasteiger partial charge is 0.337 e. The molecule has 1 aromatic rings. The van der Waals surface area contributed by atoms with E-state index in [1.54, 1.807) is 12.1 Å². The maximum atomic E-state index is 11.2. The highest BCUT2D eigenvalue weighted by molar-refractivity contribution is 7.84. The number of hydrogen-bond donors (Lipinski definition) is 3. The number of benzene rings is 1. The molecule has 0 spiro atoms. The highest BCUT2D eigenvalue weighted by atomic mass is 32.2. The summed E-state index contributed by atoms with van der Waals surface area (Å²) in [6, 6.07) is 4.73. The van der Waals surface area contributed by atoms with E-state index in [1.807, 2.05) is 6.92 Å². The monoisotopic (exact) mass is 256 g/mol. The van der Waals surface area contributed by atoms with E-state index in [2.05, 4.69) is 5.32 Å². The van der Waals surface area contributed by atoms with Crippen LogP contribution >= 0.6 is 0 Å². The van der Waals surface area contributed by atoms with Crippen LogP contribution in [0.1, 0.15) is 17.3 Å². The Labute approximate surface area is 102 Å². The van der Waals surface area contributed by atoms with Gasteiger partial charge in [0.15, 0.2) is 0 Å². The zero-order chi connectivity index (χ0) is 12.8. The Morgan fingerprint density at radius 3 is 2.82 bits per heavy atom. The molecular weight excluding hydrogens is 240 g/mol. The number of hydrogen-bond acceptors (Lipinski definition) is 4. The van der Waals surface area contributed by atoms with Crippen LogP contribution in [0, 0.1) is 0 Å². The second kappa shape index (κ2) is 6.24. The lowest BCUT2D eigenvalue weighted by molar-refractivity contribution is 0.0698. The van der Waals surface area contributed by atoms with Crippen molar-refractivity contribution in [2.24, 2.45) is 0 Å². The Morgan fingerprint density at radius 1 is 1.53 bits per heavy atom. The SMILES string of the molecule is CCS(=O)CCNc1ccc(N)c(C(=O)O)c1. The molecule has 0 fully saturated rings. The van der Waals surface area contributed by atoms with E-state index < -0.39 is 16.8 Å². The summed E-state index contributed by atoms with van der Waals surface area (Å²) in [5, 5.41) is 11.9. The number of carboxylic acids is 1. The fourth-order valence-corrected chi connectivity index (χ4v) is 1.92. The first kappa shape index (κ1) is 13.5. The lowest BCUT2D eigenvalue weighted by Crippen LogP contribution is -2.12. The van der Waals surface area contributed by atoms with Crippen LogP contribution in [0.4, 0.5) is 11.4 Å². The number of rotatable bonds is 6. The maximum absolute atomic E-state index is 11.2. The largest absolute Gasteiger partial charge is 0.478 e. The number of anilines is 2. The molecule has 4 N–H and O–H groups in total. The van der Waals surface area contributed by atoms with Crippen molar-refractivity contribution < 1.29 is 14.1 Å². The van der Waals surface area contributed by atoms with E-state index in [9.17, 15) is 9.00 Å². The highest BCUT2D eigenvalue weighted by Crippen LogP contribution is 2.17. The average molecular weight is 256 g/mol. The van der Waals surface area contributed by atoms with Gasteiger partial charge < -0.3 is 16.2 Å². The second-order valence-corrected chi connectivity index (χ2v) is 5.33. The third-order valence-corrected chi connectivity index (χ3v) is 3.57. The van der Waals surface area contributed by atoms with Crippen molar-refractivity contribution in [3.63, 3.8) is 0 Å². The molecule has 0 saturated carbocycles. The molecule has 94 valence electrons. The predicted molar refractivity (Wildman–Crippen MR) is 69.9 cm³/mol. The number of carbonyl (C=O) groups is 1. The maximum Gasteiger partial charge on any atom is 0.337 e. The summed E-state index contributed by atoms with van der Waals surface area (Å²) in [6.45, 7) is 2.41. The van der Waals surface area contributed by atoms with E-state index in [0.29, 0.717) is 23.7 Å². The topological polar surface area (TPSA) is 92.4 Å². The second-order valence-electron chi connectivity index (χ2n) is 3.47. The molecule has 0 aromatic heterocycles. The van der Waals surface area contributed by atoms with Crippen LogP contribution in [0.25, 0.3) is 0 Å². The summed E-state index contributed by atoms with van der Waals surface area (Å²) in [4.78, 5) is 10.8. The van der Waals surface area contributed by atoms with Gasteiger partial charge in [0.1, 0.15) is 0 Å². The van der Waals surface area contributed by atoms with Crippen LogP contribution in [0.3, 0.4) is 0 Å². The standard InChI is InChI=1S/C11H16N2O3S/c1-2-17(16)6-5-13-8-3-4-10(12)9(7-8)11(14)15/h3-4,7,13H,2,5-6,12H2,1H3,(H,14,15). The van der Waals surface area contributed by atoms with Crippen molar-refractivity contribution in [1.29, 1.82) is 0 Å². The third kappa shape index (κ3) is 4.07. The van der Waals surface area contributed by atoms with E-state index in [1.165, 1.54) is 6.07 Å². The van der Waals surface area contributed by atoms with Crippen molar-refractivity contribution in [3.8, 4) is 0 Å². The molecule has 0 bridgehead atoms. The molecular formula is C11H16N2O3S. The molecule has 17 heavy (non-hydrogen) atoms. The lowest BCUT2D eigenvalue weighted by Gasteiger charge is -2.08. The molecule has 0 aliphatic rings. The van der Waals surface area contributed by atoms with Crippen molar-refractivity contribution in [3.05, 3.63) is 23.8 Å². The fourth-order valence-electron chi connectivity index (χ4n) is 1.30. The van der Waals surface area contributed by atoms with Gasteiger partial charge in [0.05, 0.1) is 5.56 Å². The molecule has 1 aromatic carbocycles. The van der Waals surface area contributed by atoms with Crippen LogP contribution in [0.5, 0.6) is 0 Å². The Balaban J connectivity index is 2.63. The number of aromatic carboxylic acids is 1. The van der Waals surface area contributed by atoms with Crippen LogP contribution in [-0.4, -0.2) is 33.3 Å². The highest BCUT2D eigenvalue weighted by Gasteiger charge is 2.08. The van der Waals surface area contributed by atoms with Gasteiger partial charge in [-0.25, -0.2) is 4.79 Å². The molecule has 0 aliphatic heterocycles. The number of carboxylic acid groups (broad SMARTS) is 1. The summed E-state index contributed by atoms with van der Waals surface area (Å²) in [6.07, 6.45) is 0. The van der Waals surface area contributed by atoms with Crippen LogP contribution in [-0.2, 0) is 10.8 Å². The number of nitrogens with one attached hydrogen (secondary N) is 1. The first-order valence-electron chi connectivity index (χ1n) is 5.26. The van der Waals surface area contributed by atoms with E-state index in [0.717, 1.165) is 0 Å². The third-order valence-electron chi connectivity index (χ3n) is 2.26. The molecule has 0 saturated heterocycles. The molecule has 1 rings (SSSR count). The minimum absolute atomic E-state index is 0.0756. The van der Waals surface area contributed by atoms with Gasteiger partial charge >= 0.3 is 5.97 Å². The molecule has 0 radical (unpaired) electrons. The Bertz CT molecular complexity index is 435. The number of nitrogen functional groups attached to an aromatic ring is 1. The first-order valence-corrected chi connectivity index (χ1v) is 6.75. The number of nitrogens with two attached hydrogens (primary N) is 1. The molecule has 1 unspecified atom stereocenters. The van der Waals surface area contributed by atoms with Crippen LogP contribution in [0.2, 0.25) is 0 Å². The summed E-state index contributed by atoms with van der Waals surface area (Å²) >= 11 is 0. The van der Waals surface area contributed by atoms with Crippen molar-refractivity contribution >= 4 is 28.1 Å². The van der Waals surface area contributed by atoms with Gasteiger partial charge in [0, 0.05) is 40.2 Å². The first-order chi connectivity index (χ1) is 8.04. The Morgan fingerprint density at radius 2 is 2.24 bits per heavy atom. The molecule has 0 heterocycles. The summed E-state index contributed by atoms with van der Waals surface area (Å²) in [5.74, 6) is 0.121. The van der Waals surface area contributed by atoms with Gasteiger partial charge in [0.2, 0.25) is 0 Å². The van der Waals surface area contributed by atoms with E-state index in [-0.39, 0.29) is 11.3 Å². The van der Waals surface area contributed by atoms with Crippen molar-refractivity contribution in [2.45, 2.75) is 6.92 Å². The lowest BCUT2D eigenvalue weighted by atomic mass is 10.1. The summed E-state index contributed by atoms with van der Waals surface area (Å²) in [7, 11) is -0.823. The fraction of sp³-hybridized carbons (Fsp3) is 0.364.